The van der Waals surface area contributed by atoms with E-state index in [0.29, 0.717) is 22.8 Å². The third kappa shape index (κ3) is 4.49. The van der Waals surface area contributed by atoms with Crippen LogP contribution in [0.4, 0.5) is 0 Å². The number of aryl methyl sites for hydroxylation is 2. The van der Waals surface area contributed by atoms with E-state index in [9.17, 15) is 4.79 Å². The van der Waals surface area contributed by atoms with Gasteiger partial charge in [0.15, 0.2) is 0 Å². The Labute approximate surface area is 149 Å². The summed E-state index contributed by atoms with van der Waals surface area (Å²) in [6.07, 6.45) is 0.301. The summed E-state index contributed by atoms with van der Waals surface area (Å²) in [5.74, 6) is 0.853. The fourth-order valence-electron chi connectivity index (χ4n) is 1.98. The molecule has 0 spiro atoms. The van der Waals surface area contributed by atoms with Crippen molar-refractivity contribution in [2.45, 2.75) is 33.8 Å². The van der Waals surface area contributed by atoms with Crippen molar-refractivity contribution in [3.63, 3.8) is 0 Å². The molecule has 23 heavy (non-hydrogen) atoms. The minimum absolute atomic E-state index is 0.215. The largest absolute Gasteiger partial charge is 0.488 e. The topological polar surface area (TPSA) is 35.5 Å². The molecule has 2 aromatic carbocycles. The Morgan fingerprint density at radius 3 is 2.57 bits per heavy atom. The van der Waals surface area contributed by atoms with Crippen LogP contribution in [0, 0.1) is 13.8 Å². The molecule has 0 aliphatic rings. The van der Waals surface area contributed by atoms with Crippen molar-refractivity contribution in [3.8, 4) is 11.5 Å². The number of hydrogen-bond donors (Lipinski definition) is 0. The fourth-order valence-corrected chi connectivity index (χ4v) is 2.78. The Hall–Kier alpha value is -1.52. The molecule has 0 amide bonds. The van der Waals surface area contributed by atoms with Gasteiger partial charge in [0.2, 0.25) is 0 Å². The molecule has 0 aliphatic heterocycles. The molecule has 0 N–H and O–H groups in total. The van der Waals surface area contributed by atoms with E-state index >= 15 is 0 Å². The third-order valence-corrected chi connectivity index (χ3v) is 4.48. The van der Waals surface area contributed by atoms with Crippen LogP contribution in [0.2, 0.25) is 5.02 Å². The van der Waals surface area contributed by atoms with Crippen LogP contribution in [0.1, 0.15) is 30.0 Å². The number of carbonyl (C=O) groups excluding carboxylic acids is 1. The van der Waals surface area contributed by atoms with E-state index in [1.807, 2.05) is 26.0 Å². The molecule has 0 heterocycles. The lowest BCUT2D eigenvalue weighted by molar-refractivity contribution is -0.134. The van der Waals surface area contributed by atoms with Gasteiger partial charge in [0, 0.05) is 6.42 Å². The van der Waals surface area contributed by atoms with Gasteiger partial charge in [-0.15, -0.1) is 0 Å². The standard InChI is InChI=1S/C18H18BrClO3/c1-4-18(21)23-16-7-5-6-15(20)13(16)10-22-17-9-12(3)11(2)8-14(17)19/h5-9H,4,10H2,1-3H3. The zero-order valence-corrected chi connectivity index (χ0v) is 15.6. The Morgan fingerprint density at radius 2 is 1.87 bits per heavy atom. The number of ether oxygens (including phenoxy) is 2. The predicted molar refractivity (Wildman–Crippen MR) is 95.3 cm³/mol. The second-order valence-corrected chi connectivity index (χ2v) is 6.46. The summed E-state index contributed by atoms with van der Waals surface area (Å²) in [4.78, 5) is 11.5. The van der Waals surface area contributed by atoms with E-state index in [1.54, 1.807) is 25.1 Å². The number of benzene rings is 2. The van der Waals surface area contributed by atoms with Crippen molar-refractivity contribution in [1.82, 2.24) is 0 Å². The van der Waals surface area contributed by atoms with Gasteiger partial charge in [-0.05, 0) is 65.2 Å². The van der Waals surface area contributed by atoms with E-state index < -0.39 is 0 Å². The van der Waals surface area contributed by atoms with Crippen molar-refractivity contribution in [1.29, 1.82) is 0 Å². The van der Waals surface area contributed by atoms with Gasteiger partial charge in [-0.2, -0.15) is 0 Å². The molecule has 0 atom stereocenters. The molecule has 122 valence electrons. The molecule has 2 rings (SSSR count). The molecule has 3 nitrogen and oxygen atoms in total. The lowest BCUT2D eigenvalue weighted by Crippen LogP contribution is -2.09. The van der Waals surface area contributed by atoms with Crippen molar-refractivity contribution >= 4 is 33.5 Å². The van der Waals surface area contributed by atoms with Gasteiger partial charge < -0.3 is 9.47 Å². The van der Waals surface area contributed by atoms with Crippen LogP contribution in [0.5, 0.6) is 11.5 Å². The summed E-state index contributed by atoms with van der Waals surface area (Å²) in [5.41, 5.74) is 2.97. The van der Waals surface area contributed by atoms with E-state index in [1.165, 1.54) is 5.56 Å². The van der Waals surface area contributed by atoms with Gasteiger partial charge in [0.1, 0.15) is 18.1 Å². The Balaban J connectivity index is 2.23. The van der Waals surface area contributed by atoms with Gasteiger partial charge in [0.25, 0.3) is 0 Å². The van der Waals surface area contributed by atoms with Gasteiger partial charge in [-0.25, -0.2) is 0 Å². The van der Waals surface area contributed by atoms with E-state index in [-0.39, 0.29) is 12.6 Å². The molecule has 0 aliphatic carbocycles. The van der Waals surface area contributed by atoms with Gasteiger partial charge in [0.05, 0.1) is 15.1 Å². The molecular formula is C18H18BrClO3. The fraction of sp³-hybridized carbons (Fsp3) is 0.278. The summed E-state index contributed by atoms with van der Waals surface area (Å²) in [6.45, 7) is 6.03. The Bertz CT molecular complexity index is 728. The highest BCUT2D eigenvalue weighted by Crippen LogP contribution is 2.32. The van der Waals surface area contributed by atoms with Crippen LogP contribution in [0.3, 0.4) is 0 Å². The van der Waals surface area contributed by atoms with Crippen LogP contribution < -0.4 is 9.47 Å². The molecule has 0 fully saturated rings. The first kappa shape index (κ1) is 17.8. The van der Waals surface area contributed by atoms with Crippen LogP contribution in [-0.2, 0) is 11.4 Å². The average Bonchev–Trinajstić information content (AvgIpc) is 2.51. The van der Waals surface area contributed by atoms with Crippen LogP contribution in [-0.4, -0.2) is 5.97 Å². The maximum Gasteiger partial charge on any atom is 0.310 e. The molecule has 0 saturated heterocycles. The maximum atomic E-state index is 11.5. The molecule has 0 saturated carbocycles. The zero-order valence-electron chi connectivity index (χ0n) is 13.3. The zero-order chi connectivity index (χ0) is 17.0. The van der Waals surface area contributed by atoms with Gasteiger partial charge in [-0.1, -0.05) is 24.6 Å². The van der Waals surface area contributed by atoms with E-state index in [4.69, 9.17) is 21.1 Å². The lowest BCUT2D eigenvalue weighted by Gasteiger charge is -2.14. The third-order valence-electron chi connectivity index (χ3n) is 3.51. The number of carbonyl (C=O) groups is 1. The van der Waals surface area contributed by atoms with Crippen LogP contribution >= 0.6 is 27.5 Å². The number of hydrogen-bond acceptors (Lipinski definition) is 3. The average molecular weight is 398 g/mol. The molecular weight excluding hydrogens is 380 g/mol. The molecule has 0 radical (unpaired) electrons. The Morgan fingerprint density at radius 1 is 1.17 bits per heavy atom. The van der Waals surface area contributed by atoms with E-state index in [2.05, 4.69) is 15.9 Å². The lowest BCUT2D eigenvalue weighted by atomic mass is 10.1. The summed E-state index contributed by atoms with van der Waals surface area (Å²) in [6, 6.07) is 9.19. The monoisotopic (exact) mass is 396 g/mol. The molecule has 0 aromatic heterocycles. The van der Waals surface area contributed by atoms with Crippen molar-refractivity contribution in [2.24, 2.45) is 0 Å². The molecule has 5 heteroatoms. The highest BCUT2D eigenvalue weighted by molar-refractivity contribution is 9.10. The summed E-state index contributed by atoms with van der Waals surface area (Å²) < 4.78 is 12.1. The summed E-state index contributed by atoms with van der Waals surface area (Å²) >= 11 is 9.74. The first-order chi connectivity index (χ1) is 10.9. The first-order valence-electron chi connectivity index (χ1n) is 7.30. The number of rotatable bonds is 5. The summed E-state index contributed by atoms with van der Waals surface area (Å²) in [5, 5.41) is 0.506. The highest BCUT2D eigenvalue weighted by atomic mass is 79.9. The van der Waals surface area contributed by atoms with E-state index in [0.717, 1.165) is 15.8 Å². The second-order valence-electron chi connectivity index (χ2n) is 5.20. The SMILES string of the molecule is CCC(=O)Oc1cccc(Cl)c1COc1cc(C)c(C)cc1Br. The van der Waals surface area contributed by atoms with Crippen molar-refractivity contribution in [3.05, 3.63) is 56.5 Å². The normalized spacial score (nSPS) is 10.5. The van der Waals surface area contributed by atoms with Crippen molar-refractivity contribution in [2.75, 3.05) is 0 Å². The highest BCUT2D eigenvalue weighted by Gasteiger charge is 2.13. The number of esters is 1. The predicted octanol–water partition coefficient (Wildman–Crippen LogP) is 5.61. The second kappa shape index (κ2) is 7.84. The number of halogens is 2. The summed E-state index contributed by atoms with van der Waals surface area (Å²) in [7, 11) is 0. The smallest absolute Gasteiger partial charge is 0.310 e. The van der Waals surface area contributed by atoms with Crippen LogP contribution in [0.25, 0.3) is 0 Å². The maximum absolute atomic E-state index is 11.5. The molecule has 0 unspecified atom stereocenters. The Kier molecular flexibility index (Phi) is 6.08. The van der Waals surface area contributed by atoms with Gasteiger partial charge >= 0.3 is 5.97 Å². The van der Waals surface area contributed by atoms with Crippen LogP contribution in [0.15, 0.2) is 34.8 Å². The minimum Gasteiger partial charge on any atom is -0.488 e. The van der Waals surface area contributed by atoms with Crippen molar-refractivity contribution < 1.29 is 14.3 Å². The molecule has 0 bridgehead atoms. The first-order valence-corrected chi connectivity index (χ1v) is 8.47. The molecule has 2 aromatic rings. The van der Waals surface area contributed by atoms with Gasteiger partial charge in [-0.3, -0.25) is 4.79 Å². The quantitative estimate of drug-likeness (QED) is 0.485. The minimum atomic E-state index is -0.305.